The first-order valence-electron chi connectivity index (χ1n) is 6.43. The molecule has 0 spiro atoms. The molecule has 0 fully saturated rings. The Hall–Kier alpha value is -2.42. The Bertz CT molecular complexity index is 645. The van der Waals surface area contributed by atoms with Crippen LogP contribution in [-0.4, -0.2) is 19.2 Å². The van der Waals surface area contributed by atoms with Crippen molar-refractivity contribution in [1.29, 1.82) is 0 Å². The number of hydrogen-bond donors (Lipinski definition) is 0. The van der Waals surface area contributed by atoms with Gasteiger partial charge in [-0.3, -0.25) is 9.59 Å². The lowest BCUT2D eigenvalue weighted by molar-refractivity contribution is -0.107. The van der Waals surface area contributed by atoms with Crippen LogP contribution in [0.4, 0.5) is 5.69 Å². The SMILES string of the molecule is Cc1ccc(C)c(C(=O)c2ccc(N(C)C=O)cc2)c1. The van der Waals surface area contributed by atoms with E-state index < -0.39 is 0 Å². The average Bonchev–Trinajstić information content (AvgIpc) is 2.48. The van der Waals surface area contributed by atoms with E-state index in [-0.39, 0.29) is 5.78 Å². The molecular formula is C17H17NO2. The Labute approximate surface area is 118 Å². The van der Waals surface area contributed by atoms with E-state index in [2.05, 4.69) is 0 Å². The zero-order chi connectivity index (χ0) is 14.7. The van der Waals surface area contributed by atoms with Crippen molar-refractivity contribution in [3.8, 4) is 0 Å². The second-order valence-corrected chi connectivity index (χ2v) is 4.91. The quantitative estimate of drug-likeness (QED) is 0.630. The summed E-state index contributed by atoms with van der Waals surface area (Å²) in [5.74, 6) is 0.00602. The summed E-state index contributed by atoms with van der Waals surface area (Å²) in [6.45, 7) is 3.90. The number of nitrogens with zero attached hydrogens (tertiary/aromatic N) is 1. The van der Waals surface area contributed by atoms with Gasteiger partial charge < -0.3 is 4.90 Å². The van der Waals surface area contributed by atoms with Crippen LogP contribution in [0.2, 0.25) is 0 Å². The first-order chi connectivity index (χ1) is 9.52. The predicted octanol–water partition coefficient (Wildman–Crippen LogP) is 3.13. The monoisotopic (exact) mass is 267 g/mol. The molecule has 0 radical (unpaired) electrons. The second kappa shape index (κ2) is 5.70. The van der Waals surface area contributed by atoms with E-state index >= 15 is 0 Å². The second-order valence-electron chi connectivity index (χ2n) is 4.91. The van der Waals surface area contributed by atoms with Gasteiger partial charge in [0, 0.05) is 23.9 Å². The zero-order valence-corrected chi connectivity index (χ0v) is 11.9. The number of ketones is 1. The van der Waals surface area contributed by atoms with E-state index in [0.29, 0.717) is 5.56 Å². The molecule has 0 saturated carbocycles. The zero-order valence-electron chi connectivity index (χ0n) is 11.9. The molecular weight excluding hydrogens is 250 g/mol. The van der Waals surface area contributed by atoms with Crippen LogP contribution < -0.4 is 4.90 Å². The largest absolute Gasteiger partial charge is 0.318 e. The maximum absolute atomic E-state index is 12.5. The molecule has 20 heavy (non-hydrogen) atoms. The highest BCUT2D eigenvalue weighted by atomic mass is 16.1. The molecule has 2 aromatic carbocycles. The van der Waals surface area contributed by atoms with Crippen LogP contribution in [0, 0.1) is 13.8 Å². The maximum atomic E-state index is 12.5. The number of aryl methyl sites for hydroxylation is 2. The van der Waals surface area contributed by atoms with Crippen LogP contribution in [0.5, 0.6) is 0 Å². The van der Waals surface area contributed by atoms with Gasteiger partial charge in [-0.25, -0.2) is 0 Å². The molecule has 0 bridgehead atoms. The van der Waals surface area contributed by atoms with Crippen molar-refractivity contribution in [3.63, 3.8) is 0 Å². The Morgan fingerprint density at radius 1 is 1.05 bits per heavy atom. The van der Waals surface area contributed by atoms with Gasteiger partial charge in [0.2, 0.25) is 6.41 Å². The number of hydrogen-bond acceptors (Lipinski definition) is 2. The normalized spacial score (nSPS) is 10.2. The lowest BCUT2D eigenvalue weighted by atomic mass is 9.97. The van der Waals surface area contributed by atoms with Gasteiger partial charge in [0.25, 0.3) is 0 Å². The van der Waals surface area contributed by atoms with E-state index in [1.165, 1.54) is 4.90 Å². The molecule has 0 aliphatic carbocycles. The van der Waals surface area contributed by atoms with Gasteiger partial charge in [-0.2, -0.15) is 0 Å². The highest BCUT2D eigenvalue weighted by molar-refractivity contribution is 6.10. The fraction of sp³-hybridized carbons (Fsp3) is 0.176. The highest BCUT2D eigenvalue weighted by Crippen LogP contribution is 2.18. The minimum Gasteiger partial charge on any atom is -0.318 e. The third-order valence-corrected chi connectivity index (χ3v) is 3.33. The summed E-state index contributed by atoms with van der Waals surface area (Å²) in [5.41, 5.74) is 4.15. The molecule has 3 nitrogen and oxygen atoms in total. The van der Waals surface area contributed by atoms with Gasteiger partial charge in [0.1, 0.15) is 0 Å². The Morgan fingerprint density at radius 2 is 1.70 bits per heavy atom. The fourth-order valence-corrected chi connectivity index (χ4v) is 2.04. The number of carbonyl (C=O) groups excluding carboxylic acids is 2. The predicted molar refractivity (Wildman–Crippen MR) is 80.3 cm³/mol. The summed E-state index contributed by atoms with van der Waals surface area (Å²) < 4.78 is 0. The molecule has 0 aliphatic heterocycles. The number of carbonyl (C=O) groups is 2. The number of anilines is 1. The van der Waals surface area contributed by atoms with E-state index in [0.717, 1.165) is 28.8 Å². The van der Waals surface area contributed by atoms with Crippen molar-refractivity contribution < 1.29 is 9.59 Å². The van der Waals surface area contributed by atoms with Crippen LogP contribution >= 0.6 is 0 Å². The van der Waals surface area contributed by atoms with Crippen LogP contribution in [0.25, 0.3) is 0 Å². The Kier molecular flexibility index (Phi) is 3.99. The Morgan fingerprint density at radius 3 is 2.30 bits per heavy atom. The van der Waals surface area contributed by atoms with E-state index in [4.69, 9.17) is 0 Å². The molecule has 2 rings (SSSR count). The summed E-state index contributed by atoms with van der Waals surface area (Å²) in [5, 5.41) is 0. The lowest BCUT2D eigenvalue weighted by Gasteiger charge is -2.11. The molecule has 0 unspecified atom stereocenters. The van der Waals surface area contributed by atoms with Crippen LogP contribution in [-0.2, 0) is 4.79 Å². The highest BCUT2D eigenvalue weighted by Gasteiger charge is 2.12. The number of rotatable bonds is 4. The van der Waals surface area contributed by atoms with Crippen LogP contribution in [0.15, 0.2) is 42.5 Å². The van der Waals surface area contributed by atoms with Crippen molar-refractivity contribution in [2.24, 2.45) is 0 Å². The van der Waals surface area contributed by atoms with E-state index in [9.17, 15) is 9.59 Å². The van der Waals surface area contributed by atoms with Gasteiger partial charge in [-0.1, -0.05) is 17.7 Å². The minimum atomic E-state index is 0.00602. The van der Waals surface area contributed by atoms with Crippen molar-refractivity contribution in [2.45, 2.75) is 13.8 Å². The van der Waals surface area contributed by atoms with Gasteiger partial charge >= 0.3 is 0 Å². The summed E-state index contributed by atoms with van der Waals surface area (Å²) in [4.78, 5) is 24.6. The van der Waals surface area contributed by atoms with E-state index in [1.807, 2.05) is 32.0 Å². The molecule has 0 N–H and O–H groups in total. The molecule has 2 aromatic rings. The van der Waals surface area contributed by atoms with Crippen molar-refractivity contribution >= 4 is 17.9 Å². The average molecular weight is 267 g/mol. The van der Waals surface area contributed by atoms with Crippen molar-refractivity contribution in [1.82, 2.24) is 0 Å². The molecule has 0 atom stereocenters. The first-order valence-corrected chi connectivity index (χ1v) is 6.43. The first kappa shape index (κ1) is 14.0. The lowest BCUT2D eigenvalue weighted by Crippen LogP contribution is -2.13. The smallest absolute Gasteiger partial charge is 0.213 e. The third-order valence-electron chi connectivity index (χ3n) is 3.33. The topological polar surface area (TPSA) is 37.4 Å². The fourth-order valence-electron chi connectivity index (χ4n) is 2.04. The minimum absolute atomic E-state index is 0.00602. The van der Waals surface area contributed by atoms with Crippen molar-refractivity contribution in [2.75, 3.05) is 11.9 Å². The molecule has 1 amide bonds. The maximum Gasteiger partial charge on any atom is 0.213 e. The standard InChI is InChI=1S/C17H17NO2/c1-12-4-5-13(2)16(10-12)17(20)14-6-8-15(9-7-14)18(3)11-19/h4-11H,1-3H3. The Balaban J connectivity index is 2.34. The molecule has 102 valence electrons. The van der Waals surface area contributed by atoms with Gasteiger partial charge in [-0.15, -0.1) is 0 Å². The number of amides is 1. The third kappa shape index (κ3) is 2.77. The summed E-state index contributed by atoms with van der Waals surface area (Å²) >= 11 is 0. The van der Waals surface area contributed by atoms with Crippen molar-refractivity contribution in [3.05, 3.63) is 64.7 Å². The number of benzene rings is 2. The molecule has 3 heteroatoms. The molecule has 0 aromatic heterocycles. The van der Waals surface area contributed by atoms with Gasteiger partial charge in [0.05, 0.1) is 0 Å². The van der Waals surface area contributed by atoms with Crippen LogP contribution in [0.1, 0.15) is 27.0 Å². The summed E-state index contributed by atoms with van der Waals surface area (Å²) in [7, 11) is 1.68. The van der Waals surface area contributed by atoms with E-state index in [1.54, 1.807) is 31.3 Å². The molecule has 0 aliphatic rings. The summed E-state index contributed by atoms with van der Waals surface area (Å²) in [6.07, 6.45) is 0.738. The van der Waals surface area contributed by atoms with Gasteiger partial charge in [0.15, 0.2) is 5.78 Å². The molecule has 0 heterocycles. The van der Waals surface area contributed by atoms with Crippen LogP contribution in [0.3, 0.4) is 0 Å². The summed E-state index contributed by atoms with van der Waals surface area (Å²) in [6, 6.07) is 12.9. The van der Waals surface area contributed by atoms with Gasteiger partial charge in [-0.05, 0) is 49.7 Å². The molecule has 0 saturated heterocycles.